The van der Waals surface area contributed by atoms with Crippen LogP contribution in [0.2, 0.25) is 0 Å². The molecule has 0 atom stereocenters. The van der Waals surface area contributed by atoms with E-state index < -0.39 is 11.9 Å². The summed E-state index contributed by atoms with van der Waals surface area (Å²) >= 11 is 0. The molecule has 0 bridgehead atoms. The van der Waals surface area contributed by atoms with Crippen molar-refractivity contribution in [3.8, 4) is 0 Å². The number of carboxylic acids is 1. The molecule has 1 aliphatic heterocycles. The van der Waals surface area contributed by atoms with Crippen LogP contribution in [-0.4, -0.2) is 46.9 Å². The standard InChI is InChI=1S/C7H10N2O4/c1-4(10)8-5-2-9(3-5)6(11)7(12)13/h5H,2-3H2,1H3,(H,8,10)(H,12,13). The third-order valence-corrected chi connectivity index (χ3v) is 1.76. The van der Waals surface area contributed by atoms with Gasteiger partial charge < -0.3 is 15.3 Å². The van der Waals surface area contributed by atoms with Gasteiger partial charge in [-0.15, -0.1) is 0 Å². The minimum atomic E-state index is -1.46. The average molecular weight is 186 g/mol. The van der Waals surface area contributed by atoms with Gasteiger partial charge in [-0.2, -0.15) is 0 Å². The van der Waals surface area contributed by atoms with Gasteiger partial charge in [-0.25, -0.2) is 4.79 Å². The topological polar surface area (TPSA) is 86.7 Å². The summed E-state index contributed by atoms with van der Waals surface area (Å²) in [6, 6.07) is -0.0965. The molecule has 0 spiro atoms. The Bertz CT molecular complexity index is 257. The Morgan fingerprint density at radius 1 is 1.38 bits per heavy atom. The average Bonchev–Trinajstić information content (AvgIpc) is 1.94. The van der Waals surface area contributed by atoms with Crippen LogP contribution in [-0.2, 0) is 14.4 Å². The molecular formula is C7H10N2O4. The Morgan fingerprint density at radius 2 is 1.92 bits per heavy atom. The van der Waals surface area contributed by atoms with E-state index in [-0.39, 0.29) is 25.0 Å². The molecule has 6 nitrogen and oxygen atoms in total. The molecule has 0 aliphatic carbocycles. The molecule has 1 heterocycles. The highest BCUT2D eigenvalue weighted by Crippen LogP contribution is 2.07. The van der Waals surface area contributed by atoms with Crippen LogP contribution >= 0.6 is 0 Å². The first-order valence-corrected chi connectivity index (χ1v) is 3.80. The predicted molar refractivity (Wildman–Crippen MR) is 41.8 cm³/mol. The van der Waals surface area contributed by atoms with Gasteiger partial charge in [0.05, 0.1) is 6.04 Å². The highest BCUT2D eigenvalue weighted by molar-refractivity contribution is 6.31. The van der Waals surface area contributed by atoms with E-state index in [9.17, 15) is 14.4 Å². The third-order valence-electron chi connectivity index (χ3n) is 1.76. The van der Waals surface area contributed by atoms with Crippen molar-refractivity contribution < 1.29 is 19.5 Å². The number of nitrogens with one attached hydrogen (secondary N) is 1. The monoisotopic (exact) mass is 186 g/mol. The number of carboxylic acid groups (broad SMARTS) is 1. The lowest BCUT2D eigenvalue weighted by molar-refractivity contribution is -0.158. The predicted octanol–water partition coefficient (Wildman–Crippen LogP) is -1.58. The molecule has 0 aromatic rings. The second-order valence-corrected chi connectivity index (χ2v) is 2.91. The van der Waals surface area contributed by atoms with Gasteiger partial charge in [-0.3, -0.25) is 9.59 Å². The summed E-state index contributed by atoms with van der Waals surface area (Å²) in [5, 5.41) is 10.9. The van der Waals surface area contributed by atoms with Crippen LogP contribution in [0.25, 0.3) is 0 Å². The fourth-order valence-electron chi connectivity index (χ4n) is 1.16. The molecule has 2 N–H and O–H groups in total. The van der Waals surface area contributed by atoms with Gasteiger partial charge in [0.15, 0.2) is 0 Å². The number of rotatable bonds is 1. The van der Waals surface area contributed by atoms with Crippen molar-refractivity contribution >= 4 is 17.8 Å². The molecule has 0 saturated carbocycles. The van der Waals surface area contributed by atoms with Gasteiger partial charge in [0.25, 0.3) is 0 Å². The maximum absolute atomic E-state index is 10.8. The Kier molecular flexibility index (Phi) is 2.50. The zero-order valence-electron chi connectivity index (χ0n) is 7.11. The minimum absolute atomic E-state index is 0.0965. The fourth-order valence-corrected chi connectivity index (χ4v) is 1.16. The first-order chi connectivity index (χ1) is 6.00. The van der Waals surface area contributed by atoms with Crippen molar-refractivity contribution in [2.45, 2.75) is 13.0 Å². The van der Waals surface area contributed by atoms with Gasteiger partial charge in [-0.1, -0.05) is 0 Å². The number of likely N-dealkylation sites (tertiary alicyclic amines) is 1. The van der Waals surface area contributed by atoms with Gasteiger partial charge in [0.2, 0.25) is 5.91 Å². The van der Waals surface area contributed by atoms with E-state index in [0.717, 1.165) is 0 Å². The number of amides is 2. The summed E-state index contributed by atoms with van der Waals surface area (Å²) in [4.78, 5) is 32.7. The van der Waals surface area contributed by atoms with Crippen LogP contribution in [0.15, 0.2) is 0 Å². The third kappa shape index (κ3) is 2.17. The van der Waals surface area contributed by atoms with Crippen LogP contribution in [0, 0.1) is 0 Å². The van der Waals surface area contributed by atoms with Gasteiger partial charge in [0.1, 0.15) is 0 Å². The second-order valence-electron chi connectivity index (χ2n) is 2.91. The summed E-state index contributed by atoms with van der Waals surface area (Å²) < 4.78 is 0. The molecule has 1 aliphatic rings. The molecule has 6 heteroatoms. The van der Waals surface area contributed by atoms with Crippen molar-refractivity contribution in [1.29, 1.82) is 0 Å². The van der Waals surface area contributed by atoms with Crippen LogP contribution in [0.4, 0.5) is 0 Å². The van der Waals surface area contributed by atoms with Crippen molar-refractivity contribution in [3.05, 3.63) is 0 Å². The SMILES string of the molecule is CC(=O)NC1CN(C(=O)C(=O)O)C1. The summed E-state index contributed by atoms with van der Waals surface area (Å²) in [6.45, 7) is 1.94. The molecule has 72 valence electrons. The lowest BCUT2D eigenvalue weighted by Crippen LogP contribution is -2.61. The summed E-state index contributed by atoms with van der Waals surface area (Å²) in [6.07, 6.45) is 0. The summed E-state index contributed by atoms with van der Waals surface area (Å²) in [7, 11) is 0. The molecule has 1 fully saturated rings. The fraction of sp³-hybridized carbons (Fsp3) is 0.571. The lowest BCUT2D eigenvalue weighted by Gasteiger charge is -2.38. The van der Waals surface area contributed by atoms with Gasteiger partial charge in [0, 0.05) is 20.0 Å². The second kappa shape index (κ2) is 3.42. The molecular weight excluding hydrogens is 176 g/mol. The van der Waals surface area contributed by atoms with Crippen LogP contribution in [0.1, 0.15) is 6.92 Å². The van der Waals surface area contributed by atoms with E-state index >= 15 is 0 Å². The number of carbonyl (C=O) groups is 3. The number of hydrogen-bond donors (Lipinski definition) is 2. The zero-order valence-corrected chi connectivity index (χ0v) is 7.11. The maximum Gasteiger partial charge on any atom is 0.394 e. The van der Waals surface area contributed by atoms with E-state index in [2.05, 4.69) is 5.32 Å². The maximum atomic E-state index is 10.8. The Morgan fingerprint density at radius 3 is 2.31 bits per heavy atom. The Labute approximate surface area is 74.5 Å². The molecule has 1 saturated heterocycles. The Hall–Kier alpha value is -1.59. The first kappa shape index (κ1) is 9.50. The van der Waals surface area contributed by atoms with Crippen LogP contribution < -0.4 is 5.32 Å². The lowest BCUT2D eigenvalue weighted by atomic mass is 10.1. The van der Waals surface area contributed by atoms with Crippen molar-refractivity contribution in [2.24, 2.45) is 0 Å². The highest BCUT2D eigenvalue weighted by atomic mass is 16.4. The number of hydrogen-bond acceptors (Lipinski definition) is 3. The van der Waals surface area contributed by atoms with E-state index in [1.165, 1.54) is 11.8 Å². The molecule has 13 heavy (non-hydrogen) atoms. The summed E-state index contributed by atoms with van der Waals surface area (Å²) in [5.41, 5.74) is 0. The van der Waals surface area contributed by atoms with E-state index in [4.69, 9.17) is 5.11 Å². The highest BCUT2D eigenvalue weighted by Gasteiger charge is 2.34. The molecule has 0 unspecified atom stereocenters. The van der Waals surface area contributed by atoms with E-state index in [1.54, 1.807) is 0 Å². The minimum Gasteiger partial charge on any atom is -0.474 e. The molecule has 0 aromatic heterocycles. The normalized spacial score (nSPS) is 16.2. The number of carbonyl (C=O) groups excluding carboxylic acids is 2. The zero-order chi connectivity index (χ0) is 10.0. The summed E-state index contributed by atoms with van der Waals surface area (Å²) in [5.74, 6) is -2.55. The molecule has 0 radical (unpaired) electrons. The van der Waals surface area contributed by atoms with Crippen molar-refractivity contribution in [1.82, 2.24) is 10.2 Å². The van der Waals surface area contributed by atoms with E-state index in [1.807, 2.05) is 0 Å². The number of nitrogens with zero attached hydrogens (tertiary/aromatic N) is 1. The molecule has 0 aromatic carbocycles. The van der Waals surface area contributed by atoms with Crippen LogP contribution in [0.5, 0.6) is 0 Å². The van der Waals surface area contributed by atoms with E-state index in [0.29, 0.717) is 0 Å². The largest absolute Gasteiger partial charge is 0.474 e. The first-order valence-electron chi connectivity index (χ1n) is 3.80. The van der Waals surface area contributed by atoms with Crippen molar-refractivity contribution in [2.75, 3.05) is 13.1 Å². The Balaban J connectivity index is 2.29. The molecule has 2 amide bonds. The smallest absolute Gasteiger partial charge is 0.394 e. The van der Waals surface area contributed by atoms with Crippen molar-refractivity contribution in [3.63, 3.8) is 0 Å². The number of aliphatic carboxylic acids is 1. The quantitative estimate of drug-likeness (QED) is 0.484. The van der Waals surface area contributed by atoms with Crippen LogP contribution in [0.3, 0.4) is 0 Å². The van der Waals surface area contributed by atoms with Gasteiger partial charge in [-0.05, 0) is 0 Å². The molecule has 1 rings (SSSR count). The van der Waals surface area contributed by atoms with Gasteiger partial charge >= 0.3 is 11.9 Å².